The minimum absolute atomic E-state index is 0.643. The van der Waals surface area contributed by atoms with Crippen molar-refractivity contribution < 1.29 is 4.42 Å². The first-order valence-corrected chi connectivity index (χ1v) is 6.94. The normalized spacial score (nSPS) is 11.3. The first kappa shape index (κ1) is 12.1. The van der Waals surface area contributed by atoms with Gasteiger partial charge in [-0.2, -0.15) is 0 Å². The molecule has 0 unspecified atom stereocenters. The van der Waals surface area contributed by atoms with Gasteiger partial charge in [0.2, 0.25) is 11.4 Å². The summed E-state index contributed by atoms with van der Waals surface area (Å²) in [4.78, 5) is 8.93. The second kappa shape index (κ2) is 4.42. The number of furan rings is 1. The Morgan fingerprint density at radius 2 is 1.76 bits per heavy atom. The zero-order valence-corrected chi connectivity index (χ0v) is 11.9. The molecule has 0 aliphatic rings. The van der Waals surface area contributed by atoms with E-state index in [1.807, 2.05) is 12.1 Å². The number of hydrogen-bond donors (Lipinski definition) is 0. The van der Waals surface area contributed by atoms with Crippen LogP contribution in [0.15, 0.2) is 53.1 Å². The van der Waals surface area contributed by atoms with Crippen molar-refractivity contribution in [2.45, 2.75) is 13.8 Å². The van der Waals surface area contributed by atoms with Gasteiger partial charge in [-0.3, -0.25) is 0 Å². The average molecular weight is 274 g/mol. The molecule has 0 amide bonds. The average Bonchev–Trinajstić information content (AvgIpc) is 2.86. The fourth-order valence-corrected chi connectivity index (χ4v) is 2.67. The molecule has 3 nitrogen and oxygen atoms in total. The minimum atomic E-state index is 0.643. The number of benzene rings is 1. The van der Waals surface area contributed by atoms with Crippen LogP contribution in [0.3, 0.4) is 0 Å². The topological polar surface area (TPSA) is 38.9 Å². The van der Waals surface area contributed by atoms with Crippen LogP contribution in [0.5, 0.6) is 0 Å². The van der Waals surface area contributed by atoms with E-state index >= 15 is 0 Å². The molecule has 21 heavy (non-hydrogen) atoms. The molecule has 0 radical (unpaired) electrons. The van der Waals surface area contributed by atoms with E-state index in [1.54, 1.807) is 6.20 Å². The summed E-state index contributed by atoms with van der Waals surface area (Å²) in [6.45, 7) is 4.17. The number of hydrogen-bond acceptors (Lipinski definition) is 3. The first-order chi connectivity index (χ1) is 10.2. The largest absolute Gasteiger partial charge is 0.419 e. The van der Waals surface area contributed by atoms with Crippen LogP contribution in [-0.2, 0) is 0 Å². The van der Waals surface area contributed by atoms with Crippen molar-refractivity contribution in [1.29, 1.82) is 0 Å². The van der Waals surface area contributed by atoms with E-state index in [4.69, 9.17) is 4.42 Å². The van der Waals surface area contributed by atoms with E-state index in [1.165, 1.54) is 5.56 Å². The van der Waals surface area contributed by atoms with Crippen LogP contribution < -0.4 is 0 Å². The predicted molar refractivity (Wildman–Crippen MR) is 84.2 cm³/mol. The van der Waals surface area contributed by atoms with Gasteiger partial charge in [-0.1, -0.05) is 29.8 Å². The highest BCUT2D eigenvalue weighted by Gasteiger charge is 2.13. The molecule has 3 heteroatoms. The second-order valence-corrected chi connectivity index (χ2v) is 5.33. The molecule has 1 aromatic carbocycles. The van der Waals surface area contributed by atoms with Crippen LogP contribution in [0.2, 0.25) is 0 Å². The maximum absolute atomic E-state index is 5.80. The third kappa shape index (κ3) is 1.89. The first-order valence-electron chi connectivity index (χ1n) is 6.94. The van der Waals surface area contributed by atoms with Gasteiger partial charge in [-0.25, -0.2) is 9.97 Å². The summed E-state index contributed by atoms with van der Waals surface area (Å²) >= 11 is 0. The molecular formula is C18H14N2O. The van der Waals surface area contributed by atoms with Gasteiger partial charge in [0, 0.05) is 11.8 Å². The van der Waals surface area contributed by atoms with Gasteiger partial charge in [0.1, 0.15) is 0 Å². The molecule has 0 fully saturated rings. The molecule has 102 valence electrons. The Kier molecular flexibility index (Phi) is 2.54. The molecule has 0 bridgehead atoms. The summed E-state index contributed by atoms with van der Waals surface area (Å²) in [7, 11) is 0. The summed E-state index contributed by atoms with van der Waals surface area (Å²) in [6, 6.07) is 14.4. The summed E-state index contributed by atoms with van der Waals surface area (Å²) < 4.78 is 5.80. The van der Waals surface area contributed by atoms with Gasteiger partial charge in [0.25, 0.3) is 0 Å². The monoisotopic (exact) mass is 274 g/mol. The van der Waals surface area contributed by atoms with Gasteiger partial charge in [-0.15, -0.1) is 0 Å². The van der Waals surface area contributed by atoms with Crippen molar-refractivity contribution in [2.24, 2.45) is 0 Å². The molecular weight excluding hydrogens is 260 g/mol. The molecule has 4 rings (SSSR count). The predicted octanol–water partition coefficient (Wildman–Crippen LogP) is 4.66. The van der Waals surface area contributed by atoms with Gasteiger partial charge in [0.05, 0.1) is 16.5 Å². The number of aromatic nitrogens is 2. The summed E-state index contributed by atoms with van der Waals surface area (Å²) in [5, 5.41) is 2.07. The molecule has 0 saturated carbocycles. The van der Waals surface area contributed by atoms with Gasteiger partial charge >= 0.3 is 0 Å². The molecule has 3 heterocycles. The lowest BCUT2D eigenvalue weighted by molar-refractivity contribution is 0.640. The molecule has 0 spiro atoms. The number of fused-ring (bicyclic) bond motifs is 3. The van der Waals surface area contributed by atoms with Crippen molar-refractivity contribution in [3.8, 4) is 11.3 Å². The fourth-order valence-electron chi connectivity index (χ4n) is 2.67. The Morgan fingerprint density at radius 1 is 0.952 bits per heavy atom. The summed E-state index contributed by atoms with van der Waals surface area (Å²) in [5.74, 6) is 0. The molecule has 0 saturated heterocycles. The van der Waals surface area contributed by atoms with E-state index in [0.29, 0.717) is 11.4 Å². The number of nitrogens with zero attached hydrogens (tertiary/aromatic N) is 2. The molecule has 0 atom stereocenters. The van der Waals surface area contributed by atoms with Crippen LogP contribution >= 0.6 is 0 Å². The Hall–Kier alpha value is -2.68. The van der Waals surface area contributed by atoms with Crippen molar-refractivity contribution in [1.82, 2.24) is 9.97 Å². The zero-order chi connectivity index (χ0) is 14.4. The molecule has 0 N–H and O–H groups in total. The smallest absolute Gasteiger partial charge is 0.230 e. The molecule has 3 aromatic heterocycles. The van der Waals surface area contributed by atoms with E-state index in [-0.39, 0.29) is 0 Å². The van der Waals surface area contributed by atoms with E-state index in [9.17, 15) is 0 Å². The van der Waals surface area contributed by atoms with Crippen LogP contribution in [0, 0.1) is 13.8 Å². The third-order valence-corrected chi connectivity index (χ3v) is 3.76. The molecule has 0 aliphatic carbocycles. The van der Waals surface area contributed by atoms with Gasteiger partial charge in [-0.05, 0) is 37.6 Å². The number of rotatable bonds is 1. The highest BCUT2D eigenvalue weighted by molar-refractivity contribution is 6.04. The Labute approximate surface area is 122 Å². The molecule has 0 aliphatic heterocycles. The van der Waals surface area contributed by atoms with Crippen molar-refractivity contribution in [2.75, 3.05) is 0 Å². The van der Waals surface area contributed by atoms with E-state index in [0.717, 1.165) is 27.6 Å². The number of aryl methyl sites for hydroxylation is 2. The number of pyridine rings is 2. The van der Waals surface area contributed by atoms with Crippen molar-refractivity contribution >= 4 is 22.2 Å². The van der Waals surface area contributed by atoms with Crippen LogP contribution in [-0.4, -0.2) is 9.97 Å². The van der Waals surface area contributed by atoms with Crippen LogP contribution in [0.4, 0.5) is 0 Å². The fraction of sp³-hybridized carbons (Fsp3) is 0.111. The van der Waals surface area contributed by atoms with Crippen molar-refractivity contribution in [3.05, 3.63) is 59.8 Å². The minimum Gasteiger partial charge on any atom is -0.419 e. The summed E-state index contributed by atoms with van der Waals surface area (Å²) in [5.41, 5.74) is 5.72. The highest BCUT2D eigenvalue weighted by atomic mass is 16.3. The van der Waals surface area contributed by atoms with E-state index in [2.05, 4.69) is 54.1 Å². The SMILES string of the molecule is Cc1ccc(-c2cc(C)c3c(n2)oc2ncccc23)cc1. The summed E-state index contributed by atoms with van der Waals surface area (Å²) in [6.07, 6.45) is 1.74. The lowest BCUT2D eigenvalue weighted by Crippen LogP contribution is -1.87. The lowest BCUT2D eigenvalue weighted by atomic mass is 10.1. The van der Waals surface area contributed by atoms with Crippen LogP contribution in [0.1, 0.15) is 11.1 Å². The lowest BCUT2D eigenvalue weighted by Gasteiger charge is -2.03. The Balaban J connectivity index is 2.00. The Morgan fingerprint density at radius 3 is 2.57 bits per heavy atom. The zero-order valence-electron chi connectivity index (χ0n) is 11.9. The second-order valence-electron chi connectivity index (χ2n) is 5.33. The third-order valence-electron chi connectivity index (χ3n) is 3.76. The maximum atomic E-state index is 5.80. The van der Waals surface area contributed by atoms with Crippen LogP contribution in [0.25, 0.3) is 33.5 Å². The standard InChI is InChI=1S/C18H14N2O/c1-11-5-7-13(8-6-11)15-10-12(2)16-14-4-3-9-19-17(14)21-18(16)20-15/h3-10H,1-2H3. The van der Waals surface area contributed by atoms with Gasteiger partial charge < -0.3 is 4.42 Å². The van der Waals surface area contributed by atoms with Crippen molar-refractivity contribution in [3.63, 3.8) is 0 Å². The van der Waals surface area contributed by atoms with E-state index < -0.39 is 0 Å². The van der Waals surface area contributed by atoms with Gasteiger partial charge in [0.15, 0.2) is 0 Å². The quantitative estimate of drug-likeness (QED) is 0.506. The highest BCUT2D eigenvalue weighted by Crippen LogP contribution is 2.31. The maximum Gasteiger partial charge on any atom is 0.230 e. The Bertz CT molecular complexity index is 952. The molecule has 4 aromatic rings.